The van der Waals surface area contributed by atoms with Crippen molar-refractivity contribution >= 4 is 27.5 Å². The lowest BCUT2D eigenvalue weighted by atomic mass is 10.1. The number of hydrogen-bond acceptors (Lipinski definition) is 5. The number of aryl methyl sites for hydroxylation is 1. The van der Waals surface area contributed by atoms with E-state index in [-0.39, 0.29) is 17.3 Å². The van der Waals surface area contributed by atoms with Crippen LogP contribution in [0.3, 0.4) is 0 Å². The van der Waals surface area contributed by atoms with E-state index in [1.54, 1.807) is 42.5 Å². The Hall–Kier alpha value is -3.85. The molecule has 1 atom stereocenters. The van der Waals surface area contributed by atoms with E-state index in [1.807, 2.05) is 45.0 Å². The minimum absolute atomic E-state index is 0.0287. The third kappa shape index (κ3) is 6.92. The average molecular weight is 538 g/mol. The van der Waals surface area contributed by atoms with Gasteiger partial charge in [0.05, 0.1) is 17.2 Å². The summed E-state index contributed by atoms with van der Waals surface area (Å²) in [6.07, 6.45) is 0.369. The Balaban J connectivity index is 2.01. The molecule has 202 valence electrons. The minimum atomic E-state index is -4.12. The first-order chi connectivity index (χ1) is 18.2. The third-order valence-corrected chi connectivity index (χ3v) is 7.94. The standard InChI is InChI=1S/C29H35N3O5S/c1-5-27(29(34)30-4)31(20-23-14-12-22(3)13-15-23)28(33)21-32(24-10-8-7-9-11-24)38(35,36)26-18-16-25(17-19-26)37-6-2/h7-19,27H,5-6,20-21H2,1-4H3,(H,30,34)/t27-/m0/s1. The minimum Gasteiger partial charge on any atom is -0.494 e. The van der Waals surface area contributed by atoms with Crippen molar-refractivity contribution in [3.63, 3.8) is 0 Å². The van der Waals surface area contributed by atoms with Gasteiger partial charge in [-0.25, -0.2) is 8.42 Å². The van der Waals surface area contributed by atoms with E-state index in [9.17, 15) is 18.0 Å². The lowest BCUT2D eigenvalue weighted by molar-refractivity contribution is -0.140. The molecule has 0 unspecified atom stereocenters. The van der Waals surface area contributed by atoms with Crippen molar-refractivity contribution in [2.75, 3.05) is 24.5 Å². The molecule has 0 aromatic heterocycles. The van der Waals surface area contributed by atoms with E-state index >= 15 is 0 Å². The van der Waals surface area contributed by atoms with Gasteiger partial charge in [-0.2, -0.15) is 0 Å². The fraction of sp³-hybridized carbons (Fsp3) is 0.310. The van der Waals surface area contributed by atoms with Gasteiger partial charge in [0.25, 0.3) is 10.0 Å². The molecule has 9 heteroatoms. The second-order valence-electron chi connectivity index (χ2n) is 8.80. The van der Waals surface area contributed by atoms with Crippen molar-refractivity contribution in [1.29, 1.82) is 0 Å². The predicted octanol–water partition coefficient (Wildman–Crippen LogP) is 4.14. The van der Waals surface area contributed by atoms with Crippen LogP contribution in [0.25, 0.3) is 0 Å². The van der Waals surface area contributed by atoms with Gasteiger partial charge in [0.1, 0.15) is 18.3 Å². The van der Waals surface area contributed by atoms with Crippen molar-refractivity contribution in [1.82, 2.24) is 10.2 Å². The van der Waals surface area contributed by atoms with Crippen molar-refractivity contribution in [3.8, 4) is 5.75 Å². The van der Waals surface area contributed by atoms with Gasteiger partial charge in [0.2, 0.25) is 11.8 Å². The van der Waals surface area contributed by atoms with Crippen LogP contribution in [-0.2, 0) is 26.2 Å². The molecule has 3 rings (SSSR count). The smallest absolute Gasteiger partial charge is 0.264 e. The zero-order chi connectivity index (χ0) is 27.7. The van der Waals surface area contributed by atoms with Crippen molar-refractivity contribution in [2.24, 2.45) is 0 Å². The zero-order valence-corrected chi connectivity index (χ0v) is 23.1. The Morgan fingerprint density at radius 1 is 0.921 bits per heavy atom. The molecule has 0 bridgehead atoms. The van der Waals surface area contributed by atoms with Crippen LogP contribution in [0.5, 0.6) is 5.75 Å². The van der Waals surface area contributed by atoms with Crippen LogP contribution in [-0.4, -0.2) is 51.4 Å². The summed E-state index contributed by atoms with van der Waals surface area (Å²) in [6, 6.07) is 21.5. The fourth-order valence-electron chi connectivity index (χ4n) is 4.10. The van der Waals surface area contributed by atoms with E-state index in [4.69, 9.17) is 4.74 Å². The maximum Gasteiger partial charge on any atom is 0.264 e. The van der Waals surface area contributed by atoms with Crippen molar-refractivity contribution in [2.45, 2.75) is 44.7 Å². The molecule has 0 saturated carbocycles. The molecule has 0 radical (unpaired) electrons. The lowest BCUT2D eigenvalue weighted by Gasteiger charge is -2.33. The number of nitrogens with zero attached hydrogens (tertiary/aromatic N) is 2. The SMILES string of the molecule is CCOc1ccc(S(=O)(=O)N(CC(=O)N(Cc2ccc(C)cc2)[C@@H](CC)C(=O)NC)c2ccccc2)cc1. The number of sulfonamides is 1. The highest BCUT2D eigenvalue weighted by atomic mass is 32.2. The molecule has 0 spiro atoms. The molecule has 3 aromatic carbocycles. The predicted molar refractivity (Wildman–Crippen MR) is 148 cm³/mol. The van der Waals surface area contributed by atoms with Crippen LogP contribution in [0, 0.1) is 6.92 Å². The Morgan fingerprint density at radius 3 is 2.11 bits per heavy atom. The zero-order valence-electron chi connectivity index (χ0n) is 22.3. The molecule has 0 aliphatic rings. The molecule has 38 heavy (non-hydrogen) atoms. The molecule has 0 heterocycles. The highest BCUT2D eigenvalue weighted by molar-refractivity contribution is 7.92. The van der Waals surface area contributed by atoms with E-state index in [2.05, 4.69) is 5.32 Å². The summed E-state index contributed by atoms with van der Waals surface area (Å²) in [5.41, 5.74) is 2.26. The quantitative estimate of drug-likeness (QED) is 0.375. The van der Waals surface area contributed by atoms with Gasteiger partial charge in [0, 0.05) is 13.6 Å². The largest absolute Gasteiger partial charge is 0.494 e. The second-order valence-corrected chi connectivity index (χ2v) is 10.7. The summed E-state index contributed by atoms with van der Waals surface area (Å²) in [4.78, 5) is 28.1. The summed E-state index contributed by atoms with van der Waals surface area (Å²) in [5, 5.41) is 2.63. The van der Waals surface area contributed by atoms with Crippen LogP contribution in [0.2, 0.25) is 0 Å². The number of rotatable bonds is 12. The van der Waals surface area contributed by atoms with Gasteiger partial charge in [-0.05, 0) is 62.2 Å². The molecule has 2 amide bonds. The van der Waals surface area contributed by atoms with Gasteiger partial charge < -0.3 is 15.0 Å². The molecular weight excluding hydrogens is 502 g/mol. The van der Waals surface area contributed by atoms with E-state index < -0.39 is 28.5 Å². The van der Waals surface area contributed by atoms with Crippen LogP contribution in [0.4, 0.5) is 5.69 Å². The fourth-order valence-corrected chi connectivity index (χ4v) is 5.52. The number of carbonyl (C=O) groups excluding carboxylic acids is 2. The summed E-state index contributed by atoms with van der Waals surface area (Å²) in [5.74, 6) is -0.248. The number of benzene rings is 3. The molecule has 8 nitrogen and oxygen atoms in total. The Kier molecular flexibility index (Phi) is 9.90. The first-order valence-corrected chi connectivity index (χ1v) is 14.0. The van der Waals surface area contributed by atoms with Crippen molar-refractivity contribution in [3.05, 3.63) is 90.0 Å². The maximum absolute atomic E-state index is 13.9. The van der Waals surface area contributed by atoms with Crippen molar-refractivity contribution < 1.29 is 22.7 Å². The third-order valence-electron chi connectivity index (χ3n) is 6.15. The van der Waals surface area contributed by atoms with E-state index in [1.165, 1.54) is 24.1 Å². The highest BCUT2D eigenvalue weighted by Gasteiger charge is 2.33. The number of likely N-dealkylation sites (N-methyl/N-ethyl adjacent to an activating group) is 1. The summed E-state index contributed by atoms with van der Waals surface area (Å²) in [6.45, 7) is 5.78. The summed E-state index contributed by atoms with van der Waals surface area (Å²) < 4.78 is 34.2. The number of carbonyl (C=O) groups is 2. The topological polar surface area (TPSA) is 96.0 Å². The molecule has 3 aromatic rings. The number of nitrogens with one attached hydrogen (secondary N) is 1. The molecule has 0 saturated heterocycles. The highest BCUT2D eigenvalue weighted by Crippen LogP contribution is 2.26. The van der Waals surface area contributed by atoms with Gasteiger partial charge in [-0.1, -0.05) is 55.0 Å². The summed E-state index contributed by atoms with van der Waals surface area (Å²) >= 11 is 0. The first-order valence-electron chi connectivity index (χ1n) is 12.6. The molecule has 1 N–H and O–H groups in total. The number of para-hydroxylation sites is 1. The van der Waals surface area contributed by atoms with Gasteiger partial charge in [-0.3, -0.25) is 13.9 Å². The summed E-state index contributed by atoms with van der Waals surface area (Å²) in [7, 11) is -2.60. The van der Waals surface area contributed by atoms with Gasteiger partial charge in [0.15, 0.2) is 0 Å². The lowest BCUT2D eigenvalue weighted by Crippen LogP contribution is -2.51. The average Bonchev–Trinajstić information content (AvgIpc) is 2.93. The first kappa shape index (κ1) is 28.7. The van der Waals surface area contributed by atoms with Crippen LogP contribution < -0.4 is 14.4 Å². The Morgan fingerprint density at radius 2 is 1.55 bits per heavy atom. The number of amides is 2. The molecular formula is C29H35N3O5S. The van der Waals surface area contributed by atoms with Crippen LogP contribution >= 0.6 is 0 Å². The number of ether oxygens (including phenoxy) is 1. The second kappa shape index (κ2) is 13.1. The van der Waals surface area contributed by atoms with Gasteiger partial charge >= 0.3 is 0 Å². The monoisotopic (exact) mass is 537 g/mol. The number of hydrogen-bond donors (Lipinski definition) is 1. The number of anilines is 1. The van der Waals surface area contributed by atoms with Crippen LogP contribution in [0.15, 0.2) is 83.8 Å². The molecule has 0 fully saturated rings. The van der Waals surface area contributed by atoms with Crippen LogP contribution in [0.1, 0.15) is 31.4 Å². The molecule has 0 aliphatic carbocycles. The Bertz CT molecular complexity index is 1310. The van der Waals surface area contributed by atoms with E-state index in [0.717, 1.165) is 15.4 Å². The van der Waals surface area contributed by atoms with E-state index in [0.29, 0.717) is 24.5 Å². The normalized spacial score (nSPS) is 11.9. The molecule has 0 aliphatic heterocycles. The Labute approximate surface area is 225 Å². The van der Waals surface area contributed by atoms with Gasteiger partial charge in [-0.15, -0.1) is 0 Å². The maximum atomic E-state index is 13.9.